The topological polar surface area (TPSA) is 64.4 Å². The van der Waals surface area contributed by atoms with Gasteiger partial charge in [-0.25, -0.2) is 13.9 Å². The molecule has 0 atom stereocenters. The zero-order valence-electron chi connectivity index (χ0n) is 9.85. The summed E-state index contributed by atoms with van der Waals surface area (Å²) < 4.78 is 19.7. The van der Waals surface area contributed by atoms with Gasteiger partial charge in [0.15, 0.2) is 0 Å². The van der Waals surface area contributed by atoms with Crippen LogP contribution in [0.2, 0.25) is 0 Å². The summed E-state index contributed by atoms with van der Waals surface area (Å²) >= 11 is 0. The molecule has 2 aromatic rings. The number of hydrogen-bond donors (Lipinski definition) is 1. The van der Waals surface area contributed by atoms with Crippen LogP contribution in [0.15, 0.2) is 24.3 Å². The predicted molar refractivity (Wildman–Crippen MR) is 61.4 cm³/mol. The number of benzene rings is 1. The molecule has 0 aliphatic heterocycles. The lowest BCUT2D eigenvalue weighted by molar-refractivity contribution is 0.0693. The van der Waals surface area contributed by atoms with Gasteiger partial charge in [0, 0.05) is 13.1 Å². The fraction of sp³-hybridized carbons (Fsp3) is 0.167. The normalized spacial score (nSPS) is 10.4. The number of nitrogens with zero attached hydrogens (tertiary/aromatic N) is 2. The molecule has 0 fully saturated rings. The van der Waals surface area contributed by atoms with Crippen LogP contribution in [0.3, 0.4) is 0 Å². The van der Waals surface area contributed by atoms with Crippen molar-refractivity contribution in [1.82, 2.24) is 9.78 Å². The highest BCUT2D eigenvalue weighted by Crippen LogP contribution is 2.27. The maximum absolute atomic E-state index is 13.0. The van der Waals surface area contributed by atoms with Crippen LogP contribution in [0, 0.1) is 12.7 Å². The maximum Gasteiger partial charge on any atom is 0.343 e. The van der Waals surface area contributed by atoms with Crippen molar-refractivity contribution in [1.29, 1.82) is 0 Å². The smallest absolute Gasteiger partial charge is 0.343 e. The number of aryl methyl sites for hydroxylation is 2. The van der Waals surface area contributed by atoms with Crippen molar-refractivity contribution in [3.05, 3.63) is 41.3 Å². The van der Waals surface area contributed by atoms with Crippen molar-refractivity contribution in [2.24, 2.45) is 7.05 Å². The first kappa shape index (κ1) is 12.1. The van der Waals surface area contributed by atoms with Crippen LogP contribution in [0.5, 0.6) is 11.6 Å². The molecule has 0 amide bonds. The lowest BCUT2D eigenvalue weighted by Gasteiger charge is -2.06. The number of aromatic carboxylic acids is 1. The Bertz CT molecular complexity index is 607. The Morgan fingerprint density at radius 1 is 1.50 bits per heavy atom. The number of hydrogen-bond acceptors (Lipinski definition) is 3. The third-order valence-electron chi connectivity index (χ3n) is 2.39. The second kappa shape index (κ2) is 4.48. The zero-order chi connectivity index (χ0) is 13.3. The largest absolute Gasteiger partial charge is 0.477 e. The summed E-state index contributed by atoms with van der Waals surface area (Å²) in [6.45, 7) is 1.57. The van der Waals surface area contributed by atoms with E-state index in [0.717, 1.165) is 0 Å². The number of carboxylic acids is 1. The summed E-state index contributed by atoms with van der Waals surface area (Å²) in [7, 11) is 1.56. The molecule has 0 saturated heterocycles. The van der Waals surface area contributed by atoms with Gasteiger partial charge >= 0.3 is 5.97 Å². The van der Waals surface area contributed by atoms with Gasteiger partial charge in [0.2, 0.25) is 5.88 Å². The van der Waals surface area contributed by atoms with E-state index in [1.807, 2.05) is 0 Å². The van der Waals surface area contributed by atoms with Gasteiger partial charge < -0.3 is 9.84 Å². The molecule has 18 heavy (non-hydrogen) atoms. The van der Waals surface area contributed by atoms with E-state index in [0.29, 0.717) is 5.69 Å². The molecule has 6 heteroatoms. The quantitative estimate of drug-likeness (QED) is 0.908. The van der Waals surface area contributed by atoms with Crippen LogP contribution in [-0.2, 0) is 7.05 Å². The lowest BCUT2D eigenvalue weighted by atomic mass is 10.2. The average molecular weight is 250 g/mol. The van der Waals surface area contributed by atoms with Crippen LogP contribution in [0.4, 0.5) is 4.39 Å². The maximum atomic E-state index is 13.0. The Labute approximate surface area is 102 Å². The Balaban J connectivity index is 2.43. The molecule has 1 aromatic carbocycles. The fourth-order valence-corrected chi connectivity index (χ4v) is 1.64. The van der Waals surface area contributed by atoms with Gasteiger partial charge in [-0.15, -0.1) is 0 Å². The van der Waals surface area contributed by atoms with Gasteiger partial charge in [0.1, 0.15) is 17.1 Å². The lowest BCUT2D eigenvalue weighted by Crippen LogP contribution is -2.02. The number of carbonyl (C=O) groups is 1. The molecule has 0 aliphatic rings. The van der Waals surface area contributed by atoms with E-state index in [2.05, 4.69) is 5.10 Å². The van der Waals surface area contributed by atoms with Crippen molar-refractivity contribution in [3.8, 4) is 11.6 Å². The molecule has 2 rings (SSSR count). The standard InChI is InChI=1S/C12H11FN2O3/c1-7-10(12(16)17)11(15(2)14-7)18-9-5-3-4-8(13)6-9/h3-6H,1-2H3,(H,16,17). The molecule has 0 saturated carbocycles. The van der Waals surface area contributed by atoms with Gasteiger partial charge in [0.05, 0.1) is 5.69 Å². The first-order chi connectivity index (χ1) is 8.49. The van der Waals surface area contributed by atoms with E-state index in [1.54, 1.807) is 14.0 Å². The highest BCUT2D eigenvalue weighted by atomic mass is 19.1. The van der Waals surface area contributed by atoms with Crippen LogP contribution < -0.4 is 4.74 Å². The number of aromatic nitrogens is 2. The first-order valence-corrected chi connectivity index (χ1v) is 5.19. The highest BCUT2D eigenvalue weighted by molar-refractivity contribution is 5.91. The number of halogens is 1. The van der Waals surface area contributed by atoms with Gasteiger partial charge in [-0.3, -0.25) is 0 Å². The van der Waals surface area contributed by atoms with E-state index in [-0.39, 0.29) is 17.2 Å². The van der Waals surface area contributed by atoms with E-state index in [1.165, 1.54) is 28.9 Å². The zero-order valence-corrected chi connectivity index (χ0v) is 9.85. The minimum absolute atomic E-state index is 0.0261. The number of ether oxygens (including phenoxy) is 1. The summed E-state index contributed by atoms with van der Waals surface area (Å²) in [6.07, 6.45) is 0. The van der Waals surface area contributed by atoms with Crippen LogP contribution in [0.1, 0.15) is 16.1 Å². The summed E-state index contributed by atoms with van der Waals surface area (Å²) in [5, 5.41) is 13.1. The third kappa shape index (κ3) is 2.17. The Morgan fingerprint density at radius 3 is 2.83 bits per heavy atom. The molecule has 94 valence electrons. The van der Waals surface area contributed by atoms with Crippen LogP contribution in [-0.4, -0.2) is 20.9 Å². The Morgan fingerprint density at radius 2 is 2.22 bits per heavy atom. The molecule has 0 spiro atoms. The van der Waals surface area contributed by atoms with Gasteiger partial charge in [0.25, 0.3) is 0 Å². The monoisotopic (exact) mass is 250 g/mol. The van der Waals surface area contributed by atoms with Gasteiger partial charge in [-0.2, -0.15) is 5.10 Å². The van der Waals surface area contributed by atoms with Crippen molar-refractivity contribution < 1.29 is 19.0 Å². The van der Waals surface area contributed by atoms with Crippen molar-refractivity contribution in [2.75, 3.05) is 0 Å². The molecule has 0 aliphatic carbocycles. The summed E-state index contributed by atoms with van der Waals surface area (Å²) in [5.74, 6) is -1.29. The molecule has 1 heterocycles. The molecular formula is C12H11FN2O3. The molecule has 0 radical (unpaired) electrons. The van der Waals surface area contributed by atoms with Crippen molar-refractivity contribution >= 4 is 5.97 Å². The molecule has 0 unspecified atom stereocenters. The molecule has 1 aromatic heterocycles. The second-order valence-electron chi connectivity index (χ2n) is 3.75. The first-order valence-electron chi connectivity index (χ1n) is 5.19. The molecule has 1 N–H and O–H groups in total. The Kier molecular flexibility index (Phi) is 3.01. The Hall–Kier alpha value is -2.37. The van der Waals surface area contributed by atoms with E-state index in [9.17, 15) is 9.18 Å². The number of carboxylic acid groups (broad SMARTS) is 1. The minimum atomic E-state index is -1.13. The molecule has 5 nitrogen and oxygen atoms in total. The number of rotatable bonds is 3. The van der Waals surface area contributed by atoms with Gasteiger partial charge in [-0.1, -0.05) is 6.07 Å². The van der Waals surface area contributed by atoms with Crippen molar-refractivity contribution in [3.63, 3.8) is 0 Å². The van der Waals surface area contributed by atoms with Crippen LogP contribution in [0.25, 0.3) is 0 Å². The second-order valence-corrected chi connectivity index (χ2v) is 3.75. The molecular weight excluding hydrogens is 239 g/mol. The average Bonchev–Trinajstić information content (AvgIpc) is 2.53. The van der Waals surface area contributed by atoms with E-state index in [4.69, 9.17) is 9.84 Å². The summed E-state index contributed by atoms with van der Waals surface area (Å²) in [6, 6.07) is 5.47. The van der Waals surface area contributed by atoms with Crippen molar-refractivity contribution in [2.45, 2.75) is 6.92 Å². The summed E-state index contributed by atoms with van der Waals surface area (Å²) in [4.78, 5) is 11.1. The minimum Gasteiger partial charge on any atom is -0.477 e. The predicted octanol–water partition coefficient (Wildman–Crippen LogP) is 2.36. The van der Waals surface area contributed by atoms with Crippen LogP contribution >= 0.6 is 0 Å². The third-order valence-corrected chi connectivity index (χ3v) is 2.39. The van der Waals surface area contributed by atoms with Gasteiger partial charge in [-0.05, 0) is 19.1 Å². The SMILES string of the molecule is Cc1nn(C)c(Oc2cccc(F)c2)c1C(=O)O. The van der Waals surface area contributed by atoms with E-state index < -0.39 is 11.8 Å². The summed E-state index contributed by atoms with van der Waals surface area (Å²) in [5.41, 5.74) is 0.318. The van der Waals surface area contributed by atoms with E-state index >= 15 is 0 Å². The fourth-order valence-electron chi connectivity index (χ4n) is 1.64. The highest BCUT2D eigenvalue weighted by Gasteiger charge is 2.21. The molecule has 0 bridgehead atoms.